The number of hydrogen-bond acceptors (Lipinski definition) is 2. The predicted octanol–water partition coefficient (Wildman–Crippen LogP) is 5.80. The fourth-order valence-corrected chi connectivity index (χ4v) is 4.44. The zero-order chi connectivity index (χ0) is 22.2. The smallest absolute Gasteiger partial charge is 0.322 e. The molecule has 0 spiro atoms. The molecule has 1 aliphatic rings. The van der Waals surface area contributed by atoms with E-state index in [1.807, 2.05) is 30.0 Å². The number of aryl methyl sites for hydroxylation is 1. The van der Waals surface area contributed by atoms with Crippen molar-refractivity contribution in [3.8, 4) is 5.75 Å². The Morgan fingerprint density at radius 1 is 1.09 bits per heavy atom. The van der Waals surface area contributed by atoms with E-state index in [1.54, 1.807) is 19.2 Å². The Kier molecular flexibility index (Phi) is 5.05. The van der Waals surface area contributed by atoms with Crippen LogP contribution in [-0.2, 0) is 6.42 Å². The average Bonchev–Trinajstić information content (AvgIpc) is 3.18. The van der Waals surface area contributed by atoms with E-state index in [1.165, 1.54) is 17.7 Å². The lowest BCUT2D eigenvalue weighted by molar-refractivity contribution is 0.193. The molecule has 5 rings (SSSR count). The van der Waals surface area contributed by atoms with Gasteiger partial charge in [0.1, 0.15) is 11.6 Å². The second kappa shape index (κ2) is 8.04. The Morgan fingerprint density at radius 2 is 1.84 bits per heavy atom. The van der Waals surface area contributed by atoms with Crippen molar-refractivity contribution in [1.82, 2.24) is 9.88 Å². The number of aromatic amines is 1. The summed E-state index contributed by atoms with van der Waals surface area (Å²) in [5, 5.41) is 4.04. The molecule has 0 radical (unpaired) electrons. The summed E-state index contributed by atoms with van der Waals surface area (Å²) in [5.74, 6) is 0.472. The molecule has 162 valence electrons. The number of methoxy groups -OCH3 is 1. The molecule has 0 bridgehead atoms. The van der Waals surface area contributed by atoms with E-state index in [0.29, 0.717) is 12.2 Å². The Morgan fingerprint density at radius 3 is 2.56 bits per heavy atom. The van der Waals surface area contributed by atoms with Crippen LogP contribution < -0.4 is 10.1 Å². The first kappa shape index (κ1) is 20.1. The number of anilines is 1. The van der Waals surface area contributed by atoms with Gasteiger partial charge in [0.05, 0.1) is 13.2 Å². The number of H-pyrrole nitrogens is 1. The van der Waals surface area contributed by atoms with Crippen LogP contribution in [0.3, 0.4) is 0 Å². The summed E-state index contributed by atoms with van der Waals surface area (Å²) in [6.07, 6.45) is 0.724. The Balaban J connectivity index is 1.57. The van der Waals surface area contributed by atoms with Gasteiger partial charge in [-0.15, -0.1) is 0 Å². The number of hydrogen-bond donors (Lipinski definition) is 2. The quantitative estimate of drug-likeness (QED) is 0.432. The SMILES string of the molecule is COc1ccc2[nH]c3c(c2c1)CCN(C(=O)Nc1ccc(F)cc1)[C@@H]3c1ccc(C)cc1. The number of nitrogens with one attached hydrogen (secondary N) is 2. The lowest BCUT2D eigenvalue weighted by atomic mass is 9.92. The van der Waals surface area contributed by atoms with Gasteiger partial charge in [-0.2, -0.15) is 0 Å². The number of carbonyl (C=O) groups excluding carboxylic acids is 1. The largest absolute Gasteiger partial charge is 0.497 e. The second-order valence-corrected chi connectivity index (χ2v) is 8.12. The van der Waals surface area contributed by atoms with E-state index in [0.717, 1.165) is 39.9 Å². The van der Waals surface area contributed by atoms with Gasteiger partial charge < -0.3 is 19.9 Å². The summed E-state index contributed by atoms with van der Waals surface area (Å²) in [5.41, 5.74) is 5.99. The summed E-state index contributed by atoms with van der Waals surface area (Å²) in [7, 11) is 1.66. The van der Waals surface area contributed by atoms with Crippen molar-refractivity contribution in [3.63, 3.8) is 0 Å². The number of aromatic nitrogens is 1. The molecule has 0 aliphatic carbocycles. The molecular formula is C26H24FN3O2. The van der Waals surface area contributed by atoms with E-state index in [-0.39, 0.29) is 17.9 Å². The number of rotatable bonds is 3. The first-order valence-electron chi connectivity index (χ1n) is 10.6. The van der Waals surface area contributed by atoms with Crippen molar-refractivity contribution in [1.29, 1.82) is 0 Å². The highest BCUT2D eigenvalue weighted by Crippen LogP contribution is 2.39. The maximum absolute atomic E-state index is 13.3. The van der Waals surface area contributed by atoms with Crippen LogP contribution in [-0.4, -0.2) is 29.6 Å². The van der Waals surface area contributed by atoms with Gasteiger partial charge in [0, 0.05) is 28.8 Å². The van der Waals surface area contributed by atoms with Crippen LogP contribution >= 0.6 is 0 Å². The molecule has 0 unspecified atom stereocenters. The lowest BCUT2D eigenvalue weighted by Gasteiger charge is -2.36. The van der Waals surface area contributed by atoms with Gasteiger partial charge in [-0.05, 0) is 66.9 Å². The van der Waals surface area contributed by atoms with Gasteiger partial charge >= 0.3 is 6.03 Å². The zero-order valence-electron chi connectivity index (χ0n) is 18.0. The van der Waals surface area contributed by atoms with Crippen LogP contribution in [0, 0.1) is 12.7 Å². The maximum atomic E-state index is 13.3. The minimum Gasteiger partial charge on any atom is -0.497 e. The third-order valence-corrected chi connectivity index (χ3v) is 6.08. The average molecular weight is 429 g/mol. The molecule has 1 aromatic heterocycles. The summed E-state index contributed by atoms with van der Waals surface area (Å²) < 4.78 is 18.7. The van der Waals surface area contributed by atoms with Gasteiger partial charge in [-0.25, -0.2) is 9.18 Å². The Labute approximate surface area is 185 Å². The molecule has 3 aromatic carbocycles. The standard InChI is InChI=1S/C26H24FN3O2/c1-16-3-5-17(6-4-16)25-24-21(22-15-20(32-2)11-12-23(22)29-24)13-14-30(25)26(31)28-19-9-7-18(27)8-10-19/h3-12,15,25,29H,13-14H2,1-2H3,(H,28,31)/t25-/m1/s1. The second-order valence-electron chi connectivity index (χ2n) is 8.12. The van der Waals surface area contributed by atoms with Crippen LogP contribution in [0.25, 0.3) is 10.9 Å². The molecule has 6 heteroatoms. The highest BCUT2D eigenvalue weighted by atomic mass is 19.1. The van der Waals surface area contributed by atoms with Crippen molar-refractivity contribution < 1.29 is 13.9 Å². The Bertz CT molecular complexity index is 1280. The third kappa shape index (κ3) is 3.58. The number of nitrogens with zero attached hydrogens (tertiary/aromatic N) is 1. The van der Waals surface area contributed by atoms with Crippen molar-refractivity contribution in [2.24, 2.45) is 0 Å². The van der Waals surface area contributed by atoms with Gasteiger partial charge in [0.25, 0.3) is 0 Å². The zero-order valence-corrected chi connectivity index (χ0v) is 18.0. The first-order chi connectivity index (χ1) is 15.5. The topological polar surface area (TPSA) is 57.4 Å². The maximum Gasteiger partial charge on any atom is 0.322 e. The van der Waals surface area contributed by atoms with Crippen LogP contribution in [0.5, 0.6) is 5.75 Å². The minimum atomic E-state index is -0.336. The van der Waals surface area contributed by atoms with Gasteiger partial charge in [0.2, 0.25) is 0 Å². The predicted molar refractivity (Wildman–Crippen MR) is 124 cm³/mol. The highest BCUT2D eigenvalue weighted by molar-refractivity contribution is 5.91. The van der Waals surface area contributed by atoms with E-state index >= 15 is 0 Å². The summed E-state index contributed by atoms with van der Waals surface area (Å²) in [6.45, 7) is 2.60. The summed E-state index contributed by atoms with van der Waals surface area (Å²) in [6, 6.07) is 19.6. The van der Waals surface area contributed by atoms with Crippen LogP contribution in [0.1, 0.15) is 28.4 Å². The van der Waals surface area contributed by atoms with Crippen molar-refractivity contribution >= 4 is 22.6 Å². The van der Waals surface area contributed by atoms with Crippen molar-refractivity contribution in [2.45, 2.75) is 19.4 Å². The third-order valence-electron chi connectivity index (χ3n) is 6.08. The Hall–Kier alpha value is -3.80. The lowest BCUT2D eigenvalue weighted by Crippen LogP contribution is -2.43. The minimum absolute atomic E-state index is 0.218. The first-order valence-corrected chi connectivity index (χ1v) is 10.6. The van der Waals surface area contributed by atoms with Crippen molar-refractivity contribution in [3.05, 3.63) is 94.9 Å². The molecule has 1 atom stereocenters. The highest BCUT2D eigenvalue weighted by Gasteiger charge is 2.34. The van der Waals surface area contributed by atoms with E-state index in [2.05, 4.69) is 34.6 Å². The number of fused-ring (bicyclic) bond motifs is 3. The monoisotopic (exact) mass is 429 g/mol. The molecule has 0 saturated carbocycles. The van der Waals surface area contributed by atoms with Crippen LogP contribution in [0.15, 0.2) is 66.7 Å². The normalized spacial score (nSPS) is 15.5. The molecule has 4 aromatic rings. The molecule has 2 N–H and O–H groups in total. The van der Waals surface area contributed by atoms with Crippen LogP contribution in [0.4, 0.5) is 14.9 Å². The summed E-state index contributed by atoms with van der Waals surface area (Å²) >= 11 is 0. The molecule has 5 nitrogen and oxygen atoms in total. The van der Waals surface area contributed by atoms with Gasteiger partial charge in [-0.3, -0.25) is 0 Å². The van der Waals surface area contributed by atoms with E-state index < -0.39 is 0 Å². The molecule has 32 heavy (non-hydrogen) atoms. The molecule has 0 saturated heterocycles. The van der Waals surface area contributed by atoms with Crippen molar-refractivity contribution in [2.75, 3.05) is 19.0 Å². The number of halogens is 1. The van der Waals surface area contributed by atoms with Crippen LogP contribution in [0.2, 0.25) is 0 Å². The number of amides is 2. The summed E-state index contributed by atoms with van der Waals surface area (Å²) in [4.78, 5) is 18.7. The molecule has 2 amide bonds. The number of carbonyl (C=O) groups is 1. The van der Waals surface area contributed by atoms with E-state index in [9.17, 15) is 9.18 Å². The molecule has 2 heterocycles. The number of urea groups is 1. The fraction of sp³-hybridized carbons (Fsp3) is 0.192. The fourth-order valence-electron chi connectivity index (χ4n) is 4.44. The molecular weight excluding hydrogens is 405 g/mol. The van der Waals surface area contributed by atoms with Gasteiger partial charge in [0.15, 0.2) is 0 Å². The molecule has 1 aliphatic heterocycles. The number of benzene rings is 3. The van der Waals surface area contributed by atoms with E-state index in [4.69, 9.17) is 4.74 Å². The molecule has 0 fully saturated rings. The van der Waals surface area contributed by atoms with Gasteiger partial charge in [-0.1, -0.05) is 29.8 Å². The number of ether oxygens (including phenoxy) is 1.